The van der Waals surface area contributed by atoms with E-state index in [1.165, 1.54) is 97.0 Å². The zero-order valence-corrected chi connectivity index (χ0v) is 23.2. The van der Waals surface area contributed by atoms with Crippen molar-refractivity contribution >= 4 is 76.2 Å². The quantitative estimate of drug-likeness (QED) is 0.193. The third-order valence-corrected chi connectivity index (χ3v) is 10.7. The summed E-state index contributed by atoms with van der Waals surface area (Å²) in [5.41, 5.74) is 9.79. The first-order valence-electron chi connectivity index (χ1n) is 14.5. The highest BCUT2D eigenvalue weighted by Crippen LogP contribution is 2.51. The van der Waals surface area contributed by atoms with Gasteiger partial charge in [0.25, 0.3) is 0 Å². The van der Waals surface area contributed by atoms with Gasteiger partial charge in [-0.3, -0.25) is 0 Å². The largest absolute Gasteiger partial charge is 0.135 e. The maximum absolute atomic E-state index is 2.44. The normalized spacial score (nSPS) is 14.2. The van der Waals surface area contributed by atoms with Gasteiger partial charge >= 0.3 is 0 Å². The maximum Gasteiger partial charge on any atom is 0.0440 e. The summed E-state index contributed by atoms with van der Waals surface area (Å²) in [7, 11) is 0. The van der Waals surface area contributed by atoms with Gasteiger partial charge in [-0.2, -0.15) is 0 Å². The Morgan fingerprint density at radius 3 is 2.20 bits per heavy atom. The van der Waals surface area contributed by atoms with Crippen molar-refractivity contribution in [1.29, 1.82) is 0 Å². The molecule has 10 rings (SSSR count). The number of allylic oxidation sites excluding steroid dienone is 3. The molecule has 0 atom stereocenters. The van der Waals surface area contributed by atoms with E-state index in [2.05, 4.69) is 121 Å². The van der Waals surface area contributed by atoms with Crippen molar-refractivity contribution in [3.05, 3.63) is 132 Å². The molecule has 1 heterocycles. The van der Waals surface area contributed by atoms with E-state index in [1.54, 1.807) is 0 Å². The summed E-state index contributed by atoms with van der Waals surface area (Å²) in [6.45, 7) is 0. The molecule has 41 heavy (non-hydrogen) atoms. The van der Waals surface area contributed by atoms with Crippen LogP contribution in [0.4, 0.5) is 0 Å². The predicted octanol–water partition coefficient (Wildman–Crippen LogP) is 11.6. The lowest BCUT2D eigenvalue weighted by Crippen LogP contribution is -2.03. The van der Waals surface area contributed by atoms with Crippen LogP contribution in [0.5, 0.6) is 0 Å². The van der Waals surface area contributed by atoms with Crippen molar-refractivity contribution in [3.8, 4) is 21.6 Å². The van der Waals surface area contributed by atoms with Gasteiger partial charge in [0.15, 0.2) is 0 Å². The molecule has 0 unspecified atom stereocenters. The fourth-order valence-electron chi connectivity index (χ4n) is 7.68. The van der Waals surface area contributed by atoms with Gasteiger partial charge in [0.2, 0.25) is 0 Å². The van der Waals surface area contributed by atoms with Crippen molar-refractivity contribution in [2.45, 2.75) is 12.8 Å². The highest BCUT2D eigenvalue weighted by Gasteiger charge is 2.24. The summed E-state index contributed by atoms with van der Waals surface area (Å²) in [6.07, 6.45) is 9.12. The molecule has 0 N–H and O–H groups in total. The van der Waals surface area contributed by atoms with Gasteiger partial charge in [-0.1, -0.05) is 115 Å². The van der Waals surface area contributed by atoms with E-state index in [9.17, 15) is 0 Å². The summed E-state index contributed by atoms with van der Waals surface area (Å²) < 4.78 is 1.34. The number of fused-ring (bicyclic) bond motifs is 1. The molecule has 0 nitrogen and oxygen atoms in total. The zero-order valence-electron chi connectivity index (χ0n) is 22.4. The number of thiophene rings is 1. The van der Waals surface area contributed by atoms with E-state index < -0.39 is 0 Å². The molecule has 190 valence electrons. The van der Waals surface area contributed by atoms with Crippen molar-refractivity contribution < 1.29 is 0 Å². The predicted molar refractivity (Wildman–Crippen MR) is 179 cm³/mol. The number of hydrogen-bond donors (Lipinski definition) is 0. The highest BCUT2D eigenvalue weighted by molar-refractivity contribution is 7.23. The fourth-order valence-corrected chi connectivity index (χ4v) is 8.93. The van der Waals surface area contributed by atoms with E-state index in [1.807, 2.05) is 11.3 Å². The van der Waals surface area contributed by atoms with Crippen LogP contribution < -0.4 is 0 Å². The smallest absolute Gasteiger partial charge is 0.0440 e. The van der Waals surface area contributed by atoms with Crippen LogP contribution in [0.25, 0.3) is 86.4 Å². The first-order valence-corrected chi connectivity index (χ1v) is 15.3. The summed E-state index contributed by atoms with van der Waals surface area (Å²) in [5, 5.41) is 12.2. The Morgan fingerprint density at radius 1 is 0.512 bits per heavy atom. The highest BCUT2D eigenvalue weighted by atomic mass is 32.1. The molecule has 7 aromatic carbocycles. The van der Waals surface area contributed by atoms with Crippen molar-refractivity contribution in [2.24, 2.45) is 0 Å². The molecule has 0 saturated carbocycles. The van der Waals surface area contributed by atoms with Crippen molar-refractivity contribution in [2.75, 3.05) is 0 Å². The summed E-state index contributed by atoms with van der Waals surface area (Å²) in [5.74, 6) is 0. The number of hydrogen-bond acceptors (Lipinski definition) is 1. The molecule has 0 radical (unpaired) electrons. The van der Waals surface area contributed by atoms with E-state index in [4.69, 9.17) is 0 Å². The van der Waals surface area contributed by atoms with E-state index in [-0.39, 0.29) is 0 Å². The second-order valence-corrected chi connectivity index (χ2v) is 12.6. The summed E-state index contributed by atoms with van der Waals surface area (Å²) in [6, 6.07) is 39.1. The molecular weight excluding hydrogens is 513 g/mol. The third-order valence-electron chi connectivity index (χ3n) is 9.46. The van der Waals surface area contributed by atoms with Crippen LogP contribution in [0.2, 0.25) is 0 Å². The number of rotatable bonds is 2. The molecule has 0 aliphatic heterocycles. The van der Waals surface area contributed by atoms with Gasteiger partial charge in [0.05, 0.1) is 0 Å². The van der Waals surface area contributed by atoms with Crippen molar-refractivity contribution in [1.82, 2.24) is 0 Å². The fraction of sp³-hybridized carbons (Fsp3) is 0.0500. The van der Waals surface area contributed by atoms with Gasteiger partial charge in [-0.25, -0.2) is 0 Å². The molecule has 1 aromatic heterocycles. The Balaban J connectivity index is 1.34. The lowest BCUT2D eigenvalue weighted by Gasteiger charge is -2.24. The lowest BCUT2D eigenvalue weighted by atomic mass is 9.79. The van der Waals surface area contributed by atoms with Crippen LogP contribution >= 0.6 is 11.3 Å². The van der Waals surface area contributed by atoms with Gasteiger partial charge in [0, 0.05) is 26.1 Å². The molecule has 0 amide bonds. The molecule has 2 aliphatic carbocycles. The van der Waals surface area contributed by atoms with Gasteiger partial charge in [0.1, 0.15) is 0 Å². The standard InChI is InChI=1S/C40H24S/c1-2-10-34-33(9-1)39(30-20-17-27-13-11-23-5-3-7-25-15-19-29(30)37(27)35(23)25)40(41-34)32-22-18-28-14-12-24-6-4-8-26-16-21-31(32)38(28)36(24)26/h1-4,6-12,14-22H,5,13H2. The molecule has 8 aromatic rings. The second-order valence-electron chi connectivity index (χ2n) is 11.5. The summed E-state index contributed by atoms with van der Waals surface area (Å²) >= 11 is 1.94. The van der Waals surface area contributed by atoms with Crippen LogP contribution in [-0.4, -0.2) is 0 Å². The SMILES string of the molecule is C1=Cc2ccc3c(-c4c(-c5ccc6ccc7cccc8ccc5c6c78)sc5ccccc45)ccc4c3c2C(=CC4)C1. The van der Waals surface area contributed by atoms with Gasteiger partial charge in [-0.05, 0) is 89.8 Å². The molecule has 0 spiro atoms. The van der Waals surface area contributed by atoms with E-state index >= 15 is 0 Å². The molecule has 0 bridgehead atoms. The zero-order chi connectivity index (χ0) is 26.7. The van der Waals surface area contributed by atoms with Gasteiger partial charge in [-0.15, -0.1) is 11.3 Å². The average molecular weight is 537 g/mol. The minimum Gasteiger partial charge on any atom is -0.135 e. The average Bonchev–Trinajstić information content (AvgIpc) is 3.41. The Morgan fingerprint density at radius 2 is 1.27 bits per heavy atom. The first-order chi connectivity index (χ1) is 20.3. The Labute approximate surface area is 241 Å². The van der Waals surface area contributed by atoms with E-state index in [0.717, 1.165) is 12.8 Å². The van der Waals surface area contributed by atoms with Crippen LogP contribution in [-0.2, 0) is 6.42 Å². The molecular formula is C40H24S. The Bertz CT molecular complexity index is 2450. The Kier molecular flexibility index (Phi) is 4.26. The van der Waals surface area contributed by atoms with Crippen LogP contribution in [0.1, 0.15) is 23.1 Å². The Hall–Kier alpha value is -4.72. The van der Waals surface area contributed by atoms with Crippen LogP contribution in [0.15, 0.2) is 115 Å². The topological polar surface area (TPSA) is 0 Å². The monoisotopic (exact) mass is 536 g/mol. The van der Waals surface area contributed by atoms with E-state index in [0.29, 0.717) is 0 Å². The minimum absolute atomic E-state index is 1.02. The summed E-state index contributed by atoms with van der Waals surface area (Å²) in [4.78, 5) is 1.36. The molecule has 0 fully saturated rings. The van der Waals surface area contributed by atoms with Crippen molar-refractivity contribution in [3.63, 3.8) is 0 Å². The molecule has 0 saturated heterocycles. The van der Waals surface area contributed by atoms with Crippen LogP contribution in [0.3, 0.4) is 0 Å². The second kappa shape index (κ2) is 7.94. The van der Waals surface area contributed by atoms with Gasteiger partial charge < -0.3 is 0 Å². The van der Waals surface area contributed by atoms with Crippen LogP contribution in [0, 0.1) is 0 Å². The maximum atomic E-state index is 2.44. The minimum atomic E-state index is 1.02. The number of benzene rings is 7. The lowest BCUT2D eigenvalue weighted by molar-refractivity contribution is 1.23. The molecule has 1 heteroatoms. The molecule has 2 aliphatic rings. The first kappa shape index (κ1) is 22.0. The third kappa shape index (κ3) is 2.89.